The molecule has 0 saturated heterocycles. The highest BCUT2D eigenvalue weighted by Gasteiger charge is 2.68. The molecule has 0 N–H and O–H groups in total. The van der Waals surface area contributed by atoms with Crippen molar-refractivity contribution < 1.29 is 9.53 Å². The maximum atomic E-state index is 13.1. The second-order valence-corrected chi connectivity index (χ2v) is 12.0. The van der Waals surface area contributed by atoms with Crippen molar-refractivity contribution >= 4 is 5.78 Å². The van der Waals surface area contributed by atoms with Crippen molar-refractivity contribution in [2.75, 3.05) is 7.11 Å². The van der Waals surface area contributed by atoms with Crippen LogP contribution in [0.3, 0.4) is 0 Å². The Morgan fingerprint density at radius 2 is 1.48 bits per heavy atom. The van der Waals surface area contributed by atoms with E-state index < -0.39 is 0 Å². The number of hydrogen-bond donors (Lipinski definition) is 0. The van der Waals surface area contributed by atoms with Gasteiger partial charge in [-0.05, 0) is 84.9 Å². The third kappa shape index (κ3) is 2.37. The zero-order valence-corrected chi connectivity index (χ0v) is 18.9. The molecule has 0 aliphatic heterocycles. The summed E-state index contributed by atoms with van der Waals surface area (Å²) in [5.41, 5.74) is 1.16. The molecule has 0 amide bonds. The van der Waals surface area contributed by atoms with Gasteiger partial charge in [0.2, 0.25) is 0 Å². The summed E-state index contributed by atoms with van der Waals surface area (Å²) in [6.07, 6.45) is 10.2. The fraction of sp³-hybridized carbons (Fsp3) is 0.960. The fourth-order valence-electron chi connectivity index (χ4n) is 9.25. The second kappa shape index (κ2) is 6.07. The average molecular weight is 375 g/mol. The predicted molar refractivity (Wildman–Crippen MR) is 110 cm³/mol. The molecule has 154 valence electrons. The number of hydrogen-bond acceptors (Lipinski definition) is 2. The van der Waals surface area contributed by atoms with E-state index in [1.807, 2.05) is 7.11 Å². The number of rotatable bonds is 1. The average Bonchev–Trinajstić information content (AvgIpc) is 2.59. The van der Waals surface area contributed by atoms with Crippen LogP contribution >= 0.6 is 0 Å². The molecular weight excluding hydrogens is 332 g/mol. The van der Waals surface area contributed by atoms with Crippen molar-refractivity contribution in [1.29, 1.82) is 0 Å². The van der Waals surface area contributed by atoms with Gasteiger partial charge in [-0.2, -0.15) is 0 Å². The van der Waals surface area contributed by atoms with E-state index in [1.54, 1.807) is 0 Å². The Balaban J connectivity index is 1.73. The van der Waals surface area contributed by atoms with Crippen LogP contribution in [0.5, 0.6) is 0 Å². The molecular formula is C25H42O2. The summed E-state index contributed by atoms with van der Waals surface area (Å²) in [5.74, 6) is 2.67. The van der Waals surface area contributed by atoms with Crippen LogP contribution in [0.2, 0.25) is 0 Å². The molecule has 0 aromatic carbocycles. The maximum Gasteiger partial charge on any atom is 0.139 e. The van der Waals surface area contributed by atoms with Crippen LogP contribution in [0.25, 0.3) is 0 Å². The van der Waals surface area contributed by atoms with Crippen molar-refractivity contribution in [2.24, 2.45) is 45.3 Å². The number of ether oxygens (including phenoxy) is 1. The third-order valence-corrected chi connectivity index (χ3v) is 11.0. The largest absolute Gasteiger partial charge is 0.381 e. The summed E-state index contributed by atoms with van der Waals surface area (Å²) in [5, 5.41) is 0. The molecule has 8 atom stereocenters. The smallest absolute Gasteiger partial charge is 0.139 e. The van der Waals surface area contributed by atoms with E-state index in [1.165, 1.54) is 38.5 Å². The Hall–Kier alpha value is -0.370. The molecule has 0 bridgehead atoms. The SMILES string of the molecule is CO[C@H]1CC[C@]2(C)[C@H]3CC[C@@H]4C(=O)[C@H](C)CC[C@@]4(C)[C@]3(C)CC[C@H]2C1(C)C. The van der Waals surface area contributed by atoms with Gasteiger partial charge in [0.1, 0.15) is 5.78 Å². The first-order valence-electron chi connectivity index (χ1n) is 11.6. The van der Waals surface area contributed by atoms with E-state index in [9.17, 15) is 4.79 Å². The molecule has 0 spiro atoms. The van der Waals surface area contributed by atoms with Crippen molar-refractivity contribution in [2.45, 2.75) is 99.0 Å². The number of carbonyl (C=O) groups is 1. The molecule has 2 heteroatoms. The Kier molecular flexibility index (Phi) is 4.48. The topological polar surface area (TPSA) is 26.3 Å². The van der Waals surface area contributed by atoms with Gasteiger partial charge < -0.3 is 4.74 Å². The molecule has 2 nitrogen and oxygen atoms in total. The molecule has 4 fully saturated rings. The standard InChI is InChI=1S/C25H42O2/c1-16-10-14-24(5)17(21(16)26)8-9-19-23(4)13-12-20(27-7)22(2,3)18(23)11-15-25(19,24)6/h16-20H,8-15H2,1-7H3/t16-,17-,18+,19-,20+,23+,24-,25-/m1/s1. The van der Waals surface area contributed by atoms with Gasteiger partial charge in [-0.15, -0.1) is 0 Å². The Morgan fingerprint density at radius 1 is 0.815 bits per heavy atom. The number of ketones is 1. The van der Waals surface area contributed by atoms with Gasteiger partial charge in [0.05, 0.1) is 6.10 Å². The Labute approximate surface area is 167 Å². The Bertz CT molecular complexity index is 624. The minimum absolute atomic E-state index is 0.204. The number of carbonyl (C=O) groups excluding carboxylic acids is 1. The summed E-state index contributed by atoms with van der Waals surface area (Å²) >= 11 is 0. The molecule has 0 unspecified atom stereocenters. The van der Waals surface area contributed by atoms with Gasteiger partial charge in [-0.3, -0.25) is 4.79 Å². The van der Waals surface area contributed by atoms with E-state index >= 15 is 0 Å². The van der Waals surface area contributed by atoms with Crippen LogP contribution in [0, 0.1) is 45.3 Å². The quantitative estimate of drug-likeness (QED) is 0.540. The highest BCUT2D eigenvalue weighted by molar-refractivity contribution is 5.85. The lowest BCUT2D eigenvalue weighted by molar-refractivity contribution is -0.232. The summed E-state index contributed by atoms with van der Waals surface area (Å²) < 4.78 is 5.95. The van der Waals surface area contributed by atoms with Crippen molar-refractivity contribution in [3.8, 4) is 0 Å². The van der Waals surface area contributed by atoms with Gasteiger partial charge in [-0.25, -0.2) is 0 Å². The van der Waals surface area contributed by atoms with E-state index in [4.69, 9.17) is 4.74 Å². The van der Waals surface area contributed by atoms with Gasteiger partial charge in [0.25, 0.3) is 0 Å². The number of methoxy groups -OCH3 is 1. The minimum Gasteiger partial charge on any atom is -0.381 e. The lowest BCUT2D eigenvalue weighted by atomic mass is 9.34. The third-order valence-electron chi connectivity index (χ3n) is 11.0. The predicted octanol–water partition coefficient (Wildman–Crippen LogP) is 6.28. The van der Waals surface area contributed by atoms with Gasteiger partial charge in [0, 0.05) is 18.9 Å². The lowest BCUT2D eigenvalue weighted by Crippen LogP contribution is -2.66. The van der Waals surface area contributed by atoms with Gasteiger partial charge in [-0.1, -0.05) is 41.5 Å². The highest BCUT2D eigenvalue weighted by Crippen LogP contribution is 2.73. The summed E-state index contributed by atoms with van der Waals surface area (Å²) in [4.78, 5) is 13.1. The zero-order valence-electron chi connectivity index (χ0n) is 18.9. The fourth-order valence-corrected chi connectivity index (χ4v) is 9.25. The molecule has 4 saturated carbocycles. The molecule has 4 rings (SSSR count). The van der Waals surface area contributed by atoms with Crippen molar-refractivity contribution in [3.63, 3.8) is 0 Å². The molecule has 0 aromatic heterocycles. The molecule has 27 heavy (non-hydrogen) atoms. The normalized spacial score (nSPS) is 54.6. The number of fused-ring (bicyclic) bond motifs is 5. The summed E-state index contributed by atoms with van der Waals surface area (Å²) in [6, 6.07) is 0. The minimum atomic E-state index is 0.204. The van der Waals surface area contributed by atoms with E-state index in [0.29, 0.717) is 28.6 Å². The van der Waals surface area contributed by atoms with Crippen LogP contribution in [0.15, 0.2) is 0 Å². The summed E-state index contributed by atoms with van der Waals surface area (Å²) in [6.45, 7) is 14.8. The van der Waals surface area contributed by atoms with E-state index in [2.05, 4.69) is 41.5 Å². The van der Waals surface area contributed by atoms with Crippen LogP contribution < -0.4 is 0 Å². The maximum absolute atomic E-state index is 13.1. The number of Topliss-reactive ketones (excluding diaryl/α,β-unsaturated/α-hetero) is 1. The monoisotopic (exact) mass is 374 g/mol. The van der Waals surface area contributed by atoms with Crippen LogP contribution in [-0.4, -0.2) is 19.0 Å². The highest BCUT2D eigenvalue weighted by atomic mass is 16.5. The molecule has 4 aliphatic carbocycles. The first-order valence-corrected chi connectivity index (χ1v) is 11.6. The first-order chi connectivity index (χ1) is 12.5. The molecule has 0 radical (unpaired) electrons. The van der Waals surface area contributed by atoms with Crippen LogP contribution in [-0.2, 0) is 9.53 Å². The zero-order chi connectivity index (χ0) is 19.8. The van der Waals surface area contributed by atoms with E-state index in [0.717, 1.165) is 24.7 Å². The summed E-state index contributed by atoms with van der Waals surface area (Å²) in [7, 11) is 1.91. The molecule has 0 aromatic rings. The van der Waals surface area contributed by atoms with E-state index in [-0.39, 0.29) is 16.7 Å². The van der Waals surface area contributed by atoms with Gasteiger partial charge >= 0.3 is 0 Å². The van der Waals surface area contributed by atoms with Gasteiger partial charge in [0.15, 0.2) is 0 Å². The van der Waals surface area contributed by atoms with Crippen molar-refractivity contribution in [1.82, 2.24) is 0 Å². The molecule has 0 heterocycles. The molecule has 4 aliphatic rings. The van der Waals surface area contributed by atoms with Crippen LogP contribution in [0.1, 0.15) is 92.9 Å². The second-order valence-electron chi connectivity index (χ2n) is 12.0. The lowest BCUT2D eigenvalue weighted by Gasteiger charge is -2.71. The first kappa shape index (κ1) is 19.9. The Morgan fingerprint density at radius 3 is 2.15 bits per heavy atom. The van der Waals surface area contributed by atoms with Crippen LogP contribution in [0.4, 0.5) is 0 Å². The van der Waals surface area contributed by atoms with Crippen molar-refractivity contribution in [3.05, 3.63) is 0 Å².